The number of hydrogen-bond donors (Lipinski definition) is 2. The molecular formula is C9H13NO3. The molecule has 0 aliphatic carbocycles. The second kappa shape index (κ2) is 3.62. The second-order valence-electron chi connectivity index (χ2n) is 3.11. The molecular weight excluding hydrogens is 170 g/mol. The van der Waals surface area contributed by atoms with E-state index in [0.717, 1.165) is 11.3 Å². The van der Waals surface area contributed by atoms with Crippen molar-refractivity contribution in [3.05, 3.63) is 23.2 Å². The van der Waals surface area contributed by atoms with Crippen molar-refractivity contribution in [1.82, 2.24) is 0 Å². The van der Waals surface area contributed by atoms with E-state index in [4.69, 9.17) is 15.3 Å². The number of rotatable bonds is 3. The van der Waals surface area contributed by atoms with Gasteiger partial charge in [-0.1, -0.05) is 0 Å². The van der Waals surface area contributed by atoms with E-state index >= 15 is 0 Å². The van der Waals surface area contributed by atoms with Crippen LogP contribution in [0.25, 0.3) is 0 Å². The van der Waals surface area contributed by atoms with Crippen LogP contribution in [0.3, 0.4) is 0 Å². The van der Waals surface area contributed by atoms with Gasteiger partial charge < -0.3 is 15.3 Å². The molecule has 0 aliphatic rings. The highest BCUT2D eigenvalue weighted by Gasteiger charge is 2.16. The second-order valence-corrected chi connectivity index (χ2v) is 3.11. The van der Waals surface area contributed by atoms with Crippen molar-refractivity contribution in [3.63, 3.8) is 0 Å². The van der Waals surface area contributed by atoms with Crippen LogP contribution in [0.4, 0.5) is 0 Å². The lowest BCUT2D eigenvalue weighted by Crippen LogP contribution is -2.15. The average Bonchev–Trinajstić information content (AvgIpc) is 2.28. The first-order valence-electron chi connectivity index (χ1n) is 4.05. The third-order valence-corrected chi connectivity index (χ3v) is 1.81. The Morgan fingerprint density at radius 2 is 2.31 bits per heavy atom. The maximum atomic E-state index is 10.4. The molecule has 1 heterocycles. The molecule has 1 aromatic heterocycles. The Kier molecular flexibility index (Phi) is 2.72. The predicted molar refractivity (Wildman–Crippen MR) is 47.4 cm³/mol. The van der Waals surface area contributed by atoms with E-state index in [1.165, 1.54) is 0 Å². The van der Waals surface area contributed by atoms with Crippen molar-refractivity contribution >= 4 is 5.97 Å². The van der Waals surface area contributed by atoms with Gasteiger partial charge in [-0.05, 0) is 25.5 Å². The van der Waals surface area contributed by atoms with Crippen LogP contribution in [-0.2, 0) is 4.79 Å². The van der Waals surface area contributed by atoms with Gasteiger partial charge in [0.15, 0.2) is 0 Å². The van der Waals surface area contributed by atoms with Gasteiger partial charge in [0.25, 0.3) is 0 Å². The topological polar surface area (TPSA) is 76.5 Å². The van der Waals surface area contributed by atoms with Gasteiger partial charge in [-0.3, -0.25) is 4.79 Å². The summed E-state index contributed by atoms with van der Waals surface area (Å²) in [6.07, 6.45) is -0.103. The molecule has 3 N–H and O–H groups in total. The highest BCUT2D eigenvalue weighted by atomic mass is 16.4. The summed E-state index contributed by atoms with van der Waals surface area (Å²) < 4.78 is 5.29. The number of carboxylic acid groups (broad SMARTS) is 1. The quantitative estimate of drug-likeness (QED) is 0.742. The van der Waals surface area contributed by atoms with E-state index in [1.54, 1.807) is 0 Å². The molecule has 0 aliphatic heterocycles. The molecule has 0 saturated heterocycles. The molecule has 1 unspecified atom stereocenters. The van der Waals surface area contributed by atoms with E-state index in [2.05, 4.69) is 0 Å². The van der Waals surface area contributed by atoms with Crippen LogP contribution in [-0.4, -0.2) is 11.1 Å². The van der Waals surface area contributed by atoms with E-state index in [1.807, 2.05) is 19.9 Å². The summed E-state index contributed by atoms with van der Waals surface area (Å²) in [7, 11) is 0. The summed E-state index contributed by atoms with van der Waals surface area (Å²) >= 11 is 0. The zero-order chi connectivity index (χ0) is 10.0. The largest absolute Gasteiger partial charge is 0.481 e. The molecule has 0 bridgehead atoms. The molecule has 0 aromatic carbocycles. The fourth-order valence-electron chi connectivity index (χ4n) is 1.31. The molecule has 0 amide bonds. The van der Waals surface area contributed by atoms with Gasteiger partial charge in [0.2, 0.25) is 0 Å². The third-order valence-electron chi connectivity index (χ3n) is 1.81. The van der Waals surface area contributed by atoms with Crippen molar-refractivity contribution in [2.45, 2.75) is 26.3 Å². The number of nitrogens with two attached hydrogens (primary N) is 1. The van der Waals surface area contributed by atoms with E-state index in [0.29, 0.717) is 5.76 Å². The van der Waals surface area contributed by atoms with Gasteiger partial charge >= 0.3 is 5.97 Å². The summed E-state index contributed by atoms with van der Waals surface area (Å²) in [5, 5.41) is 8.52. The maximum Gasteiger partial charge on any atom is 0.305 e. The van der Waals surface area contributed by atoms with Crippen LogP contribution >= 0.6 is 0 Å². The van der Waals surface area contributed by atoms with Gasteiger partial charge in [0, 0.05) is 0 Å². The smallest absolute Gasteiger partial charge is 0.305 e. The van der Waals surface area contributed by atoms with Gasteiger partial charge in [0.1, 0.15) is 11.5 Å². The molecule has 72 valence electrons. The van der Waals surface area contributed by atoms with Crippen LogP contribution < -0.4 is 5.73 Å². The van der Waals surface area contributed by atoms with Crippen molar-refractivity contribution < 1.29 is 14.3 Å². The van der Waals surface area contributed by atoms with Crippen LogP contribution in [0.5, 0.6) is 0 Å². The first kappa shape index (κ1) is 9.80. The van der Waals surface area contributed by atoms with Gasteiger partial charge in [0.05, 0.1) is 12.5 Å². The molecule has 0 saturated carbocycles. The Bertz CT molecular complexity index is 317. The summed E-state index contributed by atoms with van der Waals surface area (Å²) in [5.41, 5.74) is 6.54. The molecule has 1 rings (SSSR count). The van der Waals surface area contributed by atoms with Gasteiger partial charge in [-0.15, -0.1) is 0 Å². The number of carbonyl (C=O) groups is 1. The van der Waals surface area contributed by atoms with Crippen molar-refractivity contribution in [2.75, 3.05) is 0 Å². The highest BCUT2D eigenvalue weighted by Crippen LogP contribution is 2.21. The highest BCUT2D eigenvalue weighted by molar-refractivity contribution is 5.67. The Morgan fingerprint density at radius 1 is 1.69 bits per heavy atom. The van der Waals surface area contributed by atoms with Crippen LogP contribution in [0.1, 0.15) is 29.5 Å². The van der Waals surface area contributed by atoms with E-state index in [-0.39, 0.29) is 6.42 Å². The molecule has 13 heavy (non-hydrogen) atoms. The summed E-state index contributed by atoms with van der Waals surface area (Å²) in [6, 6.07) is 1.29. The van der Waals surface area contributed by atoms with E-state index in [9.17, 15) is 4.79 Å². The minimum absolute atomic E-state index is 0.103. The van der Waals surface area contributed by atoms with Gasteiger partial charge in [-0.25, -0.2) is 0 Å². The zero-order valence-electron chi connectivity index (χ0n) is 7.70. The fourth-order valence-corrected chi connectivity index (χ4v) is 1.31. The minimum atomic E-state index is -0.916. The van der Waals surface area contributed by atoms with Crippen LogP contribution in [0.15, 0.2) is 10.5 Å². The lowest BCUT2D eigenvalue weighted by atomic mass is 10.1. The Hall–Kier alpha value is -1.29. The number of furan rings is 1. The number of aliphatic carboxylic acids is 1. The Balaban J connectivity index is 2.81. The van der Waals surface area contributed by atoms with E-state index < -0.39 is 12.0 Å². The van der Waals surface area contributed by atoms with Crippen molar-refractivity contribution in [2.24, 2.45) is 5.73 Å². The van der Waals surface area contributed by atoms with Crippen molar-refractivity contribution in [1.29, 1.82) is 0 Å². The summed E-state index contributed by atoms with van der Waals surface area (Å²) in [6.45, 7) is 3.66. The Labute approximate surface area is 76.3 Å². The summed E-state index contributed by atoms with van der Waals surface area (Å²) in [4.78, 5) is 10.4. The first-order chi connectivity index (χ1) is 6.00. The first-order valence-corrected chi connectivity index (χ1v) is 4.05. The summed E-state index contributed by atoms with van der Waals surface area (Å²) in [5.74, 6) is 0.411. The Morgan fingerprint density at radius 3 is 2.69 bits per heavy atom. The molecule has 1 aromatic rings. The number of carboxylic acids is 1. The molecule has 0 radical (unpaired) electrons. The maximum absolute atomic E-state index is 10.4. The standard InChI is InChI=1S/C9H13NO3/c1-5-3-6(2)13-9(5)7(10)4-8(11)12/h3,7H,4,10H2,1-2H3,(H,11,12). The average molecular weight is 183 g/mol. The lowest BCUT2D eigenvalue weighted by Gasteiger charge is -2.05. The number of hydrogen-bond acceptors (Lipinski definition) is 3. The van der Waals surface area contributed by atoms with Crippen LogP contribution in [0.2, 0.25) is 0 Å². The third kappa shape index (κ3) is 2.32. The van der Waals surface area contributed by atoms with Gasteiger partial charge in [-0.2, -0.15) is 0 Å². The number of aryl methyl sites for hydroxylation is 2. The molecule has 1 atom stereocenters. The predicted octanol–water partition coefficient (Wildman–Crippen LogP) is 1.37. The zero-order valence-corrected chi connectivity index (χ0v) is 7.70. The minimum Gasteiger partial charge on any atom is -0.481 e. The SMILES string of the molecule is Cc1cc(C)c(C(N)CC(=O)O)o1. The lowest BCUT2D eigenvalue weighted by molar-refractivity contribution is -0.137. The monoisotopic (exact) mass is 183 g/mol. The molecule has 0 fully saturated rings. The molecule has 4 heteroatoms. The fraction of sp³-hybridized carbons (Fsp3) is 0.444. The molecule has 4 nitrogen and oxygen atoms in total. The van der Waals surface area contributed by atoms with Crippen molar-refractivity contribution in [3.8, 4) is 0 Å². The molecule has 0 spiro atoms. The normalized spacial score (nSPS) is 12.8. The van der Waals surface area contributed by atoms with Crippen LogP contribution in [0, 0.1) is 13.8 Å².